The molecule has 29 heavy (non-hydrogen) atoms. The van der Waals surface area contributed by atoms with E-state index in [0.717, 1.165) is 10.9 Å². The zero-order valence-corrected chi connectivity index (χ0v) is 15.5. The fourth-order valence-electron chi connectivity index (χ4n) is 3.96. The number of amides is 2. The van der Waals surface area contributed by atoms with Crippen molar-refractivity contribution in [3.63, 3.8) is 0 Å². The second-order valence-corrected chi connectivity index (χ2v) is 7.25. The summed E-state index contributed by atoms with van der Waals surface area (Å²) in [4.78, 5) is 33.2. The second-order valence-electron chi connectivity index (χ2n) is 7.25. The summed E-state index contributed by atoms with van der Waals surface area (Å²) in [6.45, 7) is 1.66. The molecule has 0 bridgehead atoms. The van der Waals surface area contributed by atoms with E-state index in [1.807, 2.05) is 24.3 Å². The fourth-order valence-corrected chi connectivity index (χ4v) is 3.96. The van der Waals surface area contributed by atoms with Gasteiger partial charge in [-0.1, -0.05) is 18.2 Å². The molecule has 2 aromatic carbocycles. The number of nitrogens with zero attached hydrogens (tertiary/aromatic N) is 3. The standard InChI is InChI=1S/C22H18FN3O3/c23-15-7-5-14(6-8-15)20-11-18(17-3-1-2-4-19(17)24-20)21(27)25-9-10-26-16(12-25)13-29-22(26)28/h1-8,11,16H,9-10,12-13H2. The maximum atomic E-state index is 13.4. The molecule has 0 saturated carbocycles. The quantitative estimate of drug-likeness (QED) is 0.672. The number of hydrogen-bond donors (Lipinski definition) is 0. The van der Waals surface area contributed by atoms with Crippen molar-refractivity contribution in [3.8, 4) is 11.3 Å². The molecule has 5 rings (SSSR count). The van der Waals surface area contributed by atoms with Gasteiger partial charge in [-0.05, 0) is 36.4 Å². The van der Waals surface area contributed by atoms with Gasteiger partial charge in [0.15, 0.2) is 0 Å². The van der Waals surface area contributed by atoms with Gasteiger partial charge in [0, 0.05) is 30.6 Å². The largest absolute Gasteiger partial charge is 0.447 e. The van der Waals surface area contributed by atoms with E-state index in [1.165, 1.54) is 12.1 Å². The number of benzene rings is 2. The number of halogens is 1. The lowest BCUT2D eigenvalue weighted by molar-refractivity contribution is 0.0619. The van der Waals surface area contributed by atoms with Crippen molar-refractivity contribution in [2.75, 3.05) is 26.2 Å². The van der Waals surface area contributed by atoms with Crippen molar-refractivity contribution in [3.05, 3.63) is 66.0 Å². The molecule has 1 aromatic heterocycles. The molecule has 7 heteroatoms. The Labute approximate surface area is 166 Å². The molecule has 0 N–H and O–H groups in total. The first-order valence-corrected chi connectivity index (χ1v) is 9.48. The average Bonchev–Trinajstić information content (AvgIpc) is 3.13. The van der Waals surface area contributed by atoms with Crippen LogP contribution in [-0.4, -0.2) is 59.1 Å². The van der Waals surface area contributed by atoms with Crippen molar-refractivity contribution >= 4 is 22.9 Å². The van der Waals surface area contributed by atoms with E-state index in [9.17, 15) is 14.0 Å². The molecular formula is C22H18FN3O3. The second kappa shape index (κ2) is 6.84. The molecule has 3 aromatic rings. The Balaban J connectivity index is 1.54. The minimum atomic E-state index is -0.322. The first-order chi connectivity index (χ1) is 14.1. The van der Waals surface area contributed by atoms with E-state index in [4.69, 9.17) is 4.74 Å². The molecule has 2 fully saturated rings. The number of fused-ring (bicyclic) bond motifs is 2. The maximum absolute atomic E-state index is 13.4. The molecule has 0 spiro atoms. The van der Waals surface area contributed by atoms with Gasteiger partial charge in [0.1, 0.15) is 12.4 Å². The summed E-state index contributed by atoms with van der Waals surface area (Å²) in [5.41, 5.74) is 2.61. The smallest absolute Gasteiger partial charge is 0.410 e. The van der Waals surface area contributed by atoms with Crippen LogP contribution in [0.3, 0.4) is 0 Å². The van der Waals surface area contributed by atoms with Crippen LogP contribution in [0.5, 0.6) is 0 Å². The van der Waals surface area contributed by atoms with Crippen LogP contribution in [0.4, 0.5) is 9.18 Å². The number of carbonyl (C=O) groups is 2. The van der Waals surface area contributed by atoms with Crippen molar-refractivity contribution in [1.29, 1.82) is 0 Å². The van der Waals surface area contributed by atoms with Gasteiger partial charge >= 0.3 is 6.09 Å². The number of cyclic esters (lactones) is 1. The lowest BCUT2D eigenvalue weighted by atomic mass is 10.0. The molecule has 2 aliphatic rings. The highest BCUT2D eigenvalue weighted by molar-refractivity contribution is 6.07. The number of piperazine rings is 1. The monoisotopic (exact) mass is 391 g/mol. The van der Waals surface area contributed by atoms with Crippen LogP contribution in [0.1, 0.15) is 10.4 Å². The van der Waals surface area contributed by atoms with Crippen LogP contribution in [0.25, 0.3) is 22.2 Å². The van der Waals surface area contributed by atoms with E-state index in [0.29, 0.717) is 43.0 Å². The fraction of sp³-hybridized carbons (Fsp3) is 0.227. The third-order valence-electron chi connectivity index (χ3n) is 5.49. The molecule has 146 valence electrons. The van der Waals surface area contributed by atoms with E-state index in [1.54, 1.807) is 28.0 Å². The van der Waals surface area contributed by atoms with Crippen LogP contribution >= 0.6 is 0 Å². The molecule has 1 atom stereocenters. The molecule has 0 radical (unpaired) electrons. The minimum Gasteiger partial charge on any atom is -0.447 e. The van der Waals surface area contributed by atoms with Gasteiger partial charge in [0.25, 0.3) is 5.91 Å². The number of pyridine rings is 1. The van der Waals surface area contributed by atoms with Gasteiger partial charge in [0.2, 0.25) is 0 Å². The summed E-state index contributed by atoms with van der Waals surface area (Å²) in [6.07, 6.45) is -0.310. The first kappa shape index (κ1) is 17.6. The number of aromatic nitrogens is 1. The summed E-state index contributed by atoms with van der Waals surface area (Å²) < 4.78 is 18.4. The predicted octanol–water partition coefficient (Wildman–Crippen LogP) is 3.32. The predicted molar refractivity (Wildman–Crippen MR) is 105 cm³/mol. The lowest BCUT2D eigenvalue weighted by Crippen LogP contribution is -2.53. The van der Waals surface area contributed by atoms with Crippen molar-refractivity contribution in [2.45, 2.75) is 6.04 Å². The van der Waals surface area contributed by atoms with Gasteiger partial charge in [-0.2, -0.15) is 0 Å². The Hall–Kier alpha value is -3.48. The summed E-state index contributed by atoms with van der Waals surface area (Å²) in [5, 5.41) is 0.768. The number of hydrogen-bond acceptors (Lipinski definition) is 4. The summed E-state index contributed by atoms with van der Waals surface area (Å²) >= 11 is 0. The molecule has 3 heterocycles. The minimum absolute atomic E-state index is 0.106. The Morgan fingerprint density at radius 1 is 1.10 bits per heavy atom. The van der Waals surface area contributed by atoms with Gasteiger partial charge < -0.3 is 9.64 Å². The van der Waals surface area contributed by atoms with Gasteiger partial charge in [-0.15, -0.1) is 0 Å². The molecule has 2 saturated heterocycles. The molecule has 6 nitrogen and oxygen atoms in total. The van der Waals surface area contributed by atoms with Crippen molar-refractivity contribution in [2.24, 2.45) is 0 Å². The molecule has 0 aliphatic carbocycles. The number of carbonyl (C=O) groups excluding carboxylic acids is 2. The van der Waals surface area contributed by atoms with Crippen LogP contribution < -0.4 is 0 Å². The Bertz CT molecular complexity index is 1120. The maximum Gasteiger partial charge on any atom is 0.410 e. The third-order valence-corrected chi connectivity index (χ3v) is 5.49. The van der Waals surface area contributed by atoms with Crippen LogP contribution in [0.15, 0.2) is 54.6 Å². The van der Waals surface area contributed by atoms with E-state index >= 15 is 0 Å². The Kier molecular flexibility index (Phi) is 4.16. The topological polar surface area (TPSA) is 62.7 Å². The number of ether oxygens (including phenoxy) is 1. The Morgan fingerprint density at radius 3 is 2.72 bits per heavy atom. The van der Waals surface area contributed by atoms with Crippen LogP contribution in [0.2, 0.25) is 0 Å². The van der Waals surface area contributed by atoms with Gasteiger partial charge in [-0.3, -0.25) is 9.69 Å². The SMILES string of the molecule is O=C(c1cc(-c2ccc(F)cc2)nc2ccccc12)N1CCN2C(=O)OCC2C1. The van der Waals surface area contributed by atoms with Crippen molar-refractivity contribution < 1.29 is 18.7 Å². The number of rotatable bonds is 2. The summed E-state index contributed by atoms with van der Waals surface area (Å²) in [6, 6.07) is 15.2. The van der Waals surface area contributed by atoms with Gasteiger partial charge in [-0.25, -0.2) is 14.2 Å². The zero-order chi connectivity index (χ0) is 20.0. The highest BCUT2D eigenvalue weighted by Gasteiger charge is 2.39. The molecule has 2 aliphatic heterocycles. The third kappa shape index (κ3) is 3.08. The summed E-state index contributed by atoms with van der Waals surface area (Å²) in [5.74, 6) is -0.428. The zero-order valence-electron chi connectivity index (χ0n) is 15.5. The van der Waals surface area contributed by atoms with E-state index in [-0.39, 0.29) is 23.9 Å². The molecular weight excluding hydrogens is 373 g/mol. The lowest BCUT2D eigenvalue weighted by Gasteiger charge is -2.35. The Morgan fingerprint density at radius 2 is 1.90 bits per heavy atom. The molecule has 2 amide bonds. The van der Waals surface area contributed by atoms with Crippen LogP contribution in [0, 0.1) is 5.82 Å². The van der Waals surface area contributed by atoms with E-state index < -0.39 is 0 Å². The van der Waals surface area contributed by atoms with Gasteiger partial charge in [0.05, 0.1) is 22.8 Å². The first-order valence-electron chi connectivity index (χ1n) is 9.48. The highest BCUT2D eigenvalue weighted by atomic mass is 19.1. The van der Waals surface area contributed by atoms with E-state index in [2.05, 4.69) is 4.98 Å². The molecule has 1 unspecified atom stereocenters. The van der Waals surface area contributed by atoms with Crippen LogP contribution in [-0.2, 0) is 4.74 Å². The normalized spacial score (nSPS) is 18.7. The average molecular weight is 391 g/mol. The highest BCUT2D eigenvalue weighted by Crippen LogP contribution is 2.27. The number of para-hydroxylation sites is 1. The summed E-state index contributed by atoms with van der Waals surface area (Å²) in [7, 11) is 0. The van der Waals surface area contributed by atoms with Crippen molar-refractivity contribution in [1.82, 2.24) is 14.8 Å².